The second-order valence-corrected chi connectivity index (χ2v) is 9.52. The molecular formula is C28H20ClF8N3O. The standard InChI is InChI=1S/C28H20ClF8N3O/c1-40-23(22(27(32,33)34)24(39-40)26(30,31)28(35,36)37)25(41)38-18-12-13-21(29)20(15-18)19(17-10-6-3-7-11-17)14-16-8-4-2-5-9-16/h2-13,15,19H,14H2,1H3,(H,38,41). The lowest BCUT2D eigenvalue weighted by Crippen LogP contribution is -2.36. The van der Waals surface area contributed by atoms with Crippen LogP contribution in [-0.2, 0) is 25.6 Å². The number of amides is 1. The predicted molar refractivity (Wildman–Crippen MR) is 136 cm³/mol. The summed E-state index contributed by atoms with van der Waals surface area (Å²) in [6, 6.07) is 22.5. The molecule has 1 atom stereocenters. The second-order valence-electron chi connectivity index (χ2n) is 9.11. The van der Waals surface area contributed by atoms with Crippen LogP contribution < -0.4 is 5.32 Å². The molecule has 41 heavy (non-hydrogen) atoms. The average Bonchev–Trinajstić information content (AvgIpc) is 3.27. The molecule has 4 nitrogen and oxygen atoms in total. The van der Waals surface area contributed by atoms with Crippen LogP contribution >= 0.6 is 11.6 Å². The number of rotatable bonds is 7. The lowest BCUT2D eigenvalue weighted by Gasteiger charge is -2.21. The van der Waals surface area contributed by atoms with Gasteiger partial charge in [-0.05, 0) is 41.3 Å². The summed E-state index contributed by atoms with van der Waals surface area (Å²) < 4.78 is 108. The van der Waals surface area contributed by atoms with Crippen molar-refractivity contribution in [2.45, 2.75) is 30.6 Å². The summed E-state index contributed by atoms with van der Waals surface area (Å²) in [6.45, 7) is 0. The number of nitrogens with one attached hydrogen (secondary N) is 1. The third-order valence-electron chi connectivity index (χ3n) is 6.31. The highest BCUT2D eigenvalue weighted by Crippen LogP contribution is 2.48. The number of aryl methyl sites for hydroxylation is 1. The van der Waals surface area contributed by atoms with Gasteiger partial charge in [0.2, 0.25) is 0 Å². The molecule has 3 aromatic carbocycles. The van der Waals surface area contributed by atoms with Gasteiger partial charge in [0.25, 0.3) is 5.91 Å². The van der Waals surface area contributed by atoms with Gasteiger partial charge in [-0.15, -0.1) is 0 Å². The van der Waals surface area contributed by atoms with Gasteiger partial charge in [0.1, 0.15) is 11.3 Å². The van der Waals surface area contributed by atoms with Crippen LogP contribution in [0.2, 0.25) is 5.02 Å². The van der Waals surface area contributed by atoms with Crippen molar-refractivity contribution in [3.63, 3.8) is 0 Å². The highest BCUT2D eigenvalue weighted by molar-refractivity contribution is 6.31. The molecule has 1 heterocycles. The minimum atomic E-state index is -6.38. The molecule has 0 saturated heterocycles. The summed E-state index contributed by atoms with van der Waals surface area (Å²) in [5.74, 6) is -7.94. The zero-order chi connectivity index (χ0) is 30.2. The molecule has 0 saturated carbocycles. The Kier molecular flexibility index (Phi) is 8.17. The Morgan fingerprint density at radius 2 is 1.49 bits per heavy atom. The largest absolute Gasteiger partial charge is 0.459 e. The molecule has 0 spiro atoms. The van der Waals surface area contributed by atoms with E-state index in [-0.39, 0.29) is 21.3 Å². The SMILES string of the molecule is Cn1nc(C(F)(F)C(F)(F)F)c(C(F)(F)F)c1C(=O)Nc1ccc(Cl)c(C(Cc2ccccc2)c2ccccc2)c1. The summed E-state index contributed by atoms with van der Waals surface area (Å²) in [5.41, 5.74) is -4.42. The van der Waals surface area contributed by atoms with Crippen molar-refractivity contribution in [3.8, 4) is 0 Å². The van der Waals surface area contributed by atoms with E-state index in [1.807, 2.05) is 60.7 Å². The van der Waals surface area contributed by atoms with Gasteiger partial charge in [-0.1, -0.05) is 72.3 Å². The number of anilines is 1. The molecule has 0 aliphatic rings. The van der Waals surface area contributed by atoms with Crippen LogP contribution in [0.5, 0.6) is 0 Å². The highest BCUT2D eigenvalue weighted by atomic mass is 35.5. The quantitative estimate of drug-likeness (QED) is 0.216. The Hall–Kier alpha value is -3.93. The van der Waals surface area contributed by atoms with E-state index in [4.69, 9.17) is 11.6 Å². The molecule has 1 aromatic heterocycles. The summed E-state index contributed by atoms with van der Waals surface area (Å²) in [4.78, 5) is 13.0. The Balaban J connectivity index is 1.76. The molecule has 0 bridgehead atoms. The van der Waals surface area contributed by atoms with Crippen LogP contribution in [-0.4, -0.2) is 21.9 Å². The molecule has 13 heteroatoms. The van der Waals surface area contributed by atoms with Crippen molar-refractivity contribution in [3.05, 3.63) is 118 Å². The Bertz CT molecular complexity index is 1530. The molecule has 216 valence electrons. The van der Waals surface area contributed by atoms with Gasteiger partial charge in [-0.25, -0.2) is 0 Å². The maximum Gasteiger partial charge on any atom is 0.459 e. The van der Waals surface area contributed by atoms with Gasteiger partial charge in [-0.2, -0.15) is 40.2 Å². The molecule has 0 radical (unpaired) electrons. The monoisotopic (exact) mass is 601 g/mol. The van der Waals surface area contributed by atoms with Crippen molar-refractivity contribution in [1.82, 2.24) is 9.78 Å². The van der Waals surface area contributed by atoms with Gasteiger partial charge >= 0.3 is 18.3 Å². The fraction of sp³-hybridized carbons (Fsp3) is 0.214. The highest BCUT2D eigenvalue weighted by Gasteiger charge is 2.64. The van der Waals surface area contributed by atoms with Crippen LogP contribution in [0.15, 0.2) is 78.9 Å². The Labute approximate surface area is 233 Å². The first kappa shape index (κ1) is 30.0. The van der Waals surface area contributed by atoms with Crippen LogP contribution in [0.25, 0.3) is 0 Å². The fourth-order valence-electron chi connectivity index (χ4n) is 4.43. The fourth-order valence-corrected chi connectivity index (χ4v) is 4.68. The molecule has 0 aliphatic heterocycles. The third-order valence-corrected chi connectivity index (χ3v) is 6.66. The first-order valence-corrected chi connectivity index (χ1v) is 12.3. The van der Waals surface area contributed by atoms with Crippen LogP contribution in [0.3, 0.4) is 0 Å². The molecule has 4 aromatic rings. The van der Waals surface area contributed by atoms with E-state index in [2.05, 4.69) is 10.4 Å². The van der Waals surface area contributed by atoms with E-state index in [0.717, 1.165) is 11.1 Å². The van der Waals surface area contributed by atoms with Crippen molar-refractivity contribution >= 4 is 23.2 Å². The van der Waals surface area contributed by atoms with Gasteiger partial charge < -0.3 is 5.32 Å². The summed E-state index contributed by atoms with van der Waals surface area (Å²) >= 11 is 6.50. The van der Waals surface area contributed by atoms with Crippen molar-refractivity contribution in [1.29, 1.82) is 0 Å². The third kappa shape index (κ3) is 6.22. The predicted octanol–water partition coefficient (Wildman–Crippen LogP) is 8.37. The van der Waals surface area contributed by atoms with E-state index >= 15 is 0 Å². The van der Waals surface area contributed by atoms with Crippen molar-refractivity contribution in [2.75, 3.05) is 5.32 Å². The number of carbonyl (C=O) groups is 1. The molecule has 1 N–H and O–H groups in total. The van der Waals surface area contributed by atoms with Gasteiger partial charge in [-0.3, -0.25) is 9.48 Å². The average molecular weight is 602 g/mol. The normalized spacial score (nSPS) is 13.2. The maximum absolute atomic E-state index is 14.0. The van der Waals surface area contributed by atoms with Crippen molar-refractivity contribution < 1.29 is 39.9 Å². The maximum atomic E-state index is 14.0. The second kappa shape index (κ2) is 11.2. The minimum Gasteiger partial charge on any atom is -0.321 e. The molecule has 1 unspecified atom stereocenters. The van der Waals surface area contributed by atoms with Gasteiger partial charge in [0.05, 0.1) is 0 Å². The summed E-state index contributed by atoms with van der Waals surface area (Å²) in [7, 11) is 0.665. The zero-order valence-electron chi connectivity index (χ0n) is 21.0. The van der Waals surface area contributed by atoms with Gasteiger partial charge in [0.15, 0.2) is 5.69 Å². The zero-order valence-corrected chi connectivity index (χ0v) is 21.8. The summed E-state index contributed by atoms with van der Waals surface area (Å²) in [6.07, 6.45) is -11.7. The van der Waals surface area contributed by atoms with Crippen LogP contribution in [0.4, 0.5) is 40.8 Å². The Morgan fingerprint density at radius 3 is 2.05 bits per heavy atom. The number of halogens is 9. The van der Waals surface area contributed by atoms with E-state index < -0.39 is 41.1 Å². The van der Waals surface area contributed by atoms with E-state index in [1.54, 1.807) is 0 Å². The number of hydrogen-bond acceptors (Lipinski definition) is 2. The first-order chi connectivity index (χ1) is 19.1. The lowest BCUT2D eigenvalue weighted by atomic mass is 9.85. The lowest BCUT2D eigenvalue weighted by molar-refractivity contribution is -0.292. The van der Waals surface area contributed by atoms with Crippen molar-refractivity contribution in [2.24, 2.45) is 7.05 Å². The van der Waals surface area contributed by atoms with E-state index in [0.29, 0.717) is 19.0 Å². The number of nitrogens with zero attached hydrogens (tertiary/aromatic N) is 2. The molecule has 0 fully saturated rings. The van der Waals surface area contributed by atoms with E-state index in [9.17, 15) is 39.9 Å². The van der Waals surface area contributed by atoms with E-state index in [1.165, 1.54) is 18.2 Å². The number of benzene rings is 3. The number of carbonyl (C=O) groups excluding carboxylic acids is 1. The van der Waals surface area contributed by atoms with Crippen LogP contribution in [0, 0.1) is 0 Å². The number of hydrogen-bond donors (Lipinski definition) is 1. The first-order valence-electron chi connectivity index (χ1n) is 11.9. The topological polar surface area (TPSA) is 46.9 Å². The molecule has 0 aliphatic carbocycles. The Morgan fingerprint density at radius 1 is 0.902 bits per heavy atom. The number of aromatic nitrogens is 2. The molecule has 1 amide bonds. The molecule has 4 rings (SSSR count). The molecular weight excluding hydrogens is 582 g/mol. The smallest absolute Gasteiger partial charge is 0.321 e. The number of alkyl halides is 8. The summed E-state index contributed by atoms with van der Waals surface area (Å²) in [5, 5.41) is 5.21. The van der Waals surface area contributed by atoms with Gasteiger partial charge in [0, 0.05) is 23.7 Å². The van der Waals surface area contributed by atoms with Crippen LogP contribution in [0.1, 0.15) is 44.4 Å². The minimum absolute atomic E-state index is 0.0478.